The molecule has 0 unspecified atom stereocenters. The monoisotopic (exact) mass is 232 g/mol. The first-order valence-electron chi connectivity index (χ1n) is 5.31. The van der Waals surface area contributed by atoms with E-state index in [0.29, 0.717) is 17.5 Å². The molecule has 4 nitrogen and oxygen atoms in total. The molecule has 0 aromatic heterocycles. The Morgan fingerprint density at radius 1 is 1.65 bits per heavy atom. The van der Waals surface area contributed by atoms with Crippen LogP contribution in [0.2, 0.25) is 0 Å². The molecule has 0 fully saturated rings. The Balaban J connectivity index is 3.13. The van der Waals surface area contributed by atoms with Crippen molar-refractivity contribution in [1.29, 1.82) is 5.26 Å². The minimum atomic E-state index is -0.338. The average Bonchev–Trinajstić information content (AvgIpc) is 2.36. The molecule has 0 aliphatic carbocycles. The summed E-state index contributed by atoms with van der Waals surface area (Å²) in [6.45, 7) is 3.62. The van der Waals surface area contributed by atoms with Crippen molar-refractivity contribution in [2.75, 3.05) is 7.11 Å². The fourth-order valence-corrected chi connectivity index (χ4v) is 1.59. The van der Waals surface area contributed by atoms with Crippen molar-refractivity contribution in [3.8, 4) is 17.6 Å². The van der Waals surface area contributed by atoms with Crippen LogP contribution < -0.4 is 10.5 Å². The van der Waals surface area contributed by atoms with E-state index in [1.807, 2.05) is 6.07 Å². The molecule has 3 N–H and O–H groups in total. The summed E-state index contributed by atoms with van der Waals surface area (Å²) < 4.78 is 5.01. The zero-order valence-electron chi connectivity index (χ0n) is 9.81. The second-order valence-electron chi connectivity index (χ2n) is 3.70. The van der Waals surface area contributed by atoms with Gasteiger partial charge in [0, 0.05) is 17.7 Å². The quantitative estimate of drug-likeness (QED) is 0.763. The van der Waals surface area contributed by atoms with Gasteiger partial charge in [0.1, 0.15) is 0 Å². The minimum absolute atomic E-state index is 0.00284. The van der Waals surface area contributed by atoms with Crippen molar-refractivity contribution in [2.45, 2.75) is 18.9 Å². The van der Waals surface area contributed by atoms with Crippen molar-refractivity contribution in [1.82, 2.24) is 0 Å². The molecule has 17 heavy (non-hydrogen) atoms. The van der Waals surface area contributed by atoms with Crippen LogP contribution in [0.5, 0.6) is 11.5 Å². The molecule has 0 bridgehead atoms. The van der Waals surface area contributed by atoms with Crippen LogP contribution in [0.1, 0.15) is 30.0 Å². The fourth-order valence-electron chi connectivity index (χ4n) is 1.59. The predicted molar refractivity (Wildman–Crippen MR) is 65.7 cm³/mol. The highest BCUT2D eigenvalue weighted by atomic mass is 16.5. The lowest BCUT2D eigenvalue weighted by molar-refractivity contribution is 0.368. The van der Waals surface area contributed by atoms with Crippen LogP contribution in [0.4, 0.5) is 0 Å². The SMILES string of the molecule is C=CCC[C@@H](N)c1cc(C#N)cc(OC)c1O. The van der Waals surface area contributed by atoms with Crippen molar-refractivity contribution >= 4 is 0 Å². The molecule has 1 atom stereocenters. The van der Waals surface area contributed by atoms with E-state index in [4.69, 9.17) is 15.7 Å². The van der Waals surface area contributed by atoms with Gasteiger partial charge in [0.05, 0.1) is 18.7 Å². The molecule has 0 heterocycles. The summed E-state index contributed by atoms with van der Waals surface area (Å²) in [6, 6.07) is 4.75. The third-order valence-corrected chi connectivity index (χ3v) is 2.53. The Bertz CT molecular complexity index is 449. The van der Waals surface area contributed by atoms with Gasteiger partial charge in [0.2, 0.25) is 0 Å². The van der Waals surface area contributed by atoms with E-state index in [9.17, 15) is 5.11 Å². The van der Waals surface area contributed by atoms with Crippen molar-refractivity contribution < 1.29 is 9.84 Å². The summed E-state index contributed by atoms with van der Waals surface area (Å²) in [6.07, 6.45) is 3.18. The van der Waals surface area contributed by atoms with Crippen LogP contribution in [0.3, 0.4) is 0 Å². The number of aromatic hydroxyl groups is 1. The summed E-state index contributed by atoms with van der Waals surface area (Å²) in [5, 5.41) is 18.8. The number of phenolic OH excluding ortho intramolecular Hbond substituents is 1. The summed E-state index contributed by atoms with van der Waals surface area (Å²) in [5.41, 5.74) is 6.91. The maximum atomic E-state index is 9.94. The Morgan fingerprint density at radius 2 is 2.35 bits per heavy atom. The molecule has 0 spiro atoms. The number of benzene rings is 1. The number of methoxy groups -OCH3 is 1. The van der Waals surface area contributed by atoms with E-state index in [1.165, 1.54) is 13.2 Å². The normalized spacial score (nSPS) is 11.6. The molecule has 1 rings (SSSR count). The Labute approximate surface area is 101 Å². The molecule has 0 aliphatic heterocycles. The molecular formula is C13H16N2O2. The summed E-state index contributed by atoms with van der Waals surface area (Å²) >= 11 is 0. The molecule has 90 valence electrons. The smallest absolute Gasteiger partial charge is 0.162 e. The van der Waals surface area contributed by atoms with Gasteiger partial charge in [-0.05, 0) is 18.9 Å². The van der Waals surface area contributed by atoms with Gasteiger partial charge in [-0.1, -0.05) is 6.08 Å². The van der Waals surface area contributed by atoms with E-state index < -0.39 is 0 Å². The number of phenols is 1. The maximum absolute atomic E-state index is 9.94. The van der Waals surface area contributed by atoms with Gasteiger partial charge in [0.25, 0.3) is 0 Å². The van der Waals surface area contributed by atoms with Crippen LogP contribution in [0, 0.1) is 11.3 Å². The van der Waals surface area contributed by atoms with E-state index >= 15 is 0 Å². The summed E-state index contributed by atoms with van der Waals surface area (Å²) in [5.74, 6) is 0.274. The van der Waals surface area contributed by atoms with E-state index in [-0.39, 0.29) is 17.5 Å². The molecule has 0 saturated carbocycles. The van der Waals surface area contributed by atoms with Crippen LogP contribution in [0.25, 0.3) is 0 Å². The average molecular weight is 232 g/mol. The van der Waals surface area contributed by atoms with Gasteiger partial charge in [-0.25, -0.2) is 0 Å². The van der Waals surface area contributed by atoms with Gasteiger partial charge in [0.15, 0.2) is 11.5 Å². The van der Waals surface area contributed by atoms with Crippen molar-refractivity contribution in [2.24, 2.45) is 5.73 Å². The van der Waals surface area contributed by atoms with E-state index in [2.05, 4.69) is 6.58 Å². The highest BCUT2D eigenvalue weighted by Gasteiger charge is 2.16. The lowest BCUT2D eigenvalue weighted by Gasteiger charge is -2.15. The third kappa shape index (κ3) is 2.99. The van der Waals surface area contributed by atoms with Gasteiger partial charge < -0.3 is 15.6 Å². The molecule has 1 aromatic rings. The van der Waals surface area contributed by atoms with Crippen molar-refractivity contribution in [3.05, 3.63) is 35.9 Å². The van der Waals surface area contributed by atoms with Crippen molar-refractivity contribution in [3.63, 3.8) is 0 Å². The molecule has 0 aliphatic rings. The van der Waals surface area contributed by atoms with Gasteiger partial charge in [-0.15, -0.1) is 6.58 Å². The van der Waals surface area contributed by atoms with Crippen LogP contribution in [-0.2, 0) is 0 Å². The lowest BCUT2D eigenvalue weighted by Crippen LogP contribution is -2.10. The topological polar surface area (TPSA) is 79.3 Å². The Kier molecular flexibility index (Phi) is 4.56. The van der Waals surface area contributed by atoms with Gasteiger partial charge in [-0.2, -0.15) is 5.26 Å². The first-order chi connectivity index (χ1) is 8.13. The van der Waals surface area contributed by atoms with E-state index in [0.717, 1.165) is 6.42 Å². The van der Waals surface area contributed by atoms with Crippen LogP contribution >= 0.6 is 0 Å². The van der Waals surface area contributed by atoms with Crippen LogP contribution in [-0.4, -0.2) is 12.2 Å². The number of rotatable bonds is 5. The molecule has 0 radical (unpaired) electrons. The first-order valence-corrected chi connectivity index (χ1v) is 5.31. The van der Waals surface area contributed by atoms with Gasteiger partial charge in [-0.3, -0.25) is 0 Å². The zero-order valence-corrected chi connectivity index (χ0v) is 9.81. The summed E-state index contributed by atoms with van der Waals surface area (Å²) in [7, 11) is 1.44. The molecule has 0 saturated heterocycles. The number of allylic oxidation sites excluding steroid dienone is 1. The second-order valence-corrected chi connectivity index (χ2v) is 3.70. The number of hydrogen-bond acceptors (Lipinski definition) is 4. The fraction of sp³-hybridized carbons (Fsp3) is 0.308. The number of ether oxygens (including phenoxy) is 1. The lowest BCUT2D eigenvalue weighted by atomic mass is 9.99. The maximum Gasteiger partial charge on any atom is 0.162 e. The standard InChI is InChI=1S/C13H16N2O2/c1-3-4-5-11(15)10-6-9(8-14)7-12(17-2)13(10)16/h3,6-7,11,16H,1,4-5,15H2,2H3/t11-/m1/s1. The Hall–Kier alpha value is -1.99. The number of nitrogens with zero attached hydrogens (tertiary/aromatic N) is 1. The third-order valence-electron chi connectivity index (χ3n) is 2.53. The molecule has 4 heteroatoms. The number of nitrogens with two attached hydrogens (primary N) is 1. The van der Waals surface area contributed by atoms with Gasteiger partial charge >= 0.3 is 0 Å². The Morgan fingerprint density at radius 3 is 2.88 bits per heavy atom. The molecule has 1 aromatic carbocycles. The second kappa shape index (κ2) is 5.92. The first kappa shape index (κ1) is 13.1. The highest BCUT2D eigenvalue weighted by Crippen LogP contribution is 2.35. The molecular weight excluding hydrogens is 216 g/mol. The predicted octanol–water partition coefficient (Wildman–Crippen LogP) is 2.24. The number of nitriles is 1. The highest BCUT2D eigenvalue weighted by molar-refractivity contribution is 5.52. The zero-order chi connectivity index (χ0) is 12.8. The molecule has 0 amide bonds. The van der Waals surface area contributed by atoms with Crippen LogP contribution in [0.15, 0.2) is 24.8 Å². The summed E-state index contributed by atoms with van der Waals surface area (Å²) in [4.78, 5) is 0. The minimum Gasteiger partial charge on any atom is -0.504 e. The number of hydrogen-bond donors (Lipinski definition) is 2. The largest absolute Gasteiger partial charge is 0.504 e. The van der Waals surface area contributed by atoms with E-state index in [1.54, 1.807) is 12.1 Å².